The van der Waals surface area contributed by atoms with Gasteiger partial charge in [-0.3, -0.25) is 9.59 Å². The Morgan fingerprint density at radius 3 is 2.11 bits per heavy atom. The first-order valence-electron chi connectivity index (χ1n) is 28.8. The van der Waals surface area contributed by atoms with E-state index in [1.54, 1.807) is 86.3 Å². The van der Waals surface area contributed by atoms with Gasteiger partial charge in [-0.05, 0) is 150 Å². The van der Waals surface area contributed by atoms with Gasteiger partial charge in [0.25, 0.3) is 11.8 Å². The molecule has 3 amide bonds. The molecule has 0 saturated carbocycles. The van der Waals surface area contributed by atoms with E-state index >= 15 is 4.39 Å². The van der Waals surface area contributed by atoms with Crippen molar-refractivity contribution < 1.29 is 51.5 Å². The van der Waals surface area contributed by atoms with Crippen molar-refractivity contribution in [2.45, 2.75) is 142 Å². The molecule has 3 aromatic heterocycles. The van der Waals surface area contributed by atoms with Crippen LogP contribution in [0.5, 0.6) is 0 Å². The van der Waals surface area contributed by atoms with Crippen molar-refractivity contribution in [2.75, 3.05) is 60.3 Å². The highest BCUT2D eigenvalue weighted by molar-refractivity contribution is 9.10. The number of benzene rings is 2. The van der Waals surface area contributed by atoms with Gasteiger partial charge in [0, 0.05) is 83.5 Å². The summed E-state index contributed by atoms with van der Waals surface area (Å²) < 4.78 is 59.6. The fourth-order valence-electron chi connectivity index (χ4n) is 9.63. The number of methoxy groups -OCH3 is 1. The fourth-order valence-corrected chi connectivity index (χ4v) is 10.8. The lowest BCUT2D eigenvalue weighted by Crippen LogP contribution is -2.49. The number of halogens is 3. The van der Waals surface area contributed by atoms with Gasteiger partial charge >= 0.3 is 19.2 Å². The molecule has 0 bridgehead atoms. The van der Waals surface area contributed by atoms with Crippen molar-refractivity contribution in [3.63, 3.8) is 0 Å². The molecule has 5 N–H and O–H groups in total. The minimum atomic E-state index is -1.24. The largest absolute Gasteiger partial charge is 0.494 e. The molecule has 4 aliphatic heterocycles. The van der Waals surface area contributed by atoms with Crippen LogP contribution in [0.25, 0.3) is 5.70 Å². The van der Waals surface area contributed by atoms with Crippen molar-refractivity contribution in [3.8, 4) is 6.07 Å². The molecule has 3 saturated heterocycles. The number of alkyl carbamates (subject to hydrolysis) is 1. The lowest BCUT2D eigenvalue weighted by atomic mass is 9.79. The Bertz CT molecular complexity index is 3390. The average molecular weight is 1280 g/mol. The molecule has 464 valence electrons. The highest BCUT2D eigenvalue weighted by atomic mass is 79.9. The summed E-state index contributed by atoms with van der Waals surface area (Å²) in [6.07, 6.45) is 9.62. The maximum atomic E-state index is 15.1. The number of imidazole rings is 1. The van der Waals surface area contributed by atoms with E-state index < -0.39 is 56.3 Å². The number of pyridine rings is 2. The van der Waals surface area contributed by atoms with Gasteiger partial charge in [-0.2, -0.15) is 5.26 Å². The number of nitrogens with zero attached hydrogens (tertiary/aromatic N) is 8. The van der Waals surface area contributed by atoms with Crippen LogP contribution >= 0.6 is 15.9 Å². The van der Waals surface area contributed by atoms with Crippen LogP contribution in [-0.2, 0) is 35.0 Å². The molecule has 21 nitrogen and oxygen atoms in total. The second-order valence-corrected chi connectivity index (χ2v) is 31.0. The van der Waals surface area contributed by atoms with E-state index in [-0.39, 0.29) is 47.2 Å². The predicted molar refractivity (Wildman–Crippen MR) is 338 cm³/mol. The number of para-hydroxylation sites is 2. The zero-order valence-corrected chi connectivity index (χ0v) is 53.8. The number of rotatable bonds is 15. The molecule has 0 aliphatic carbocycles. The standard InChI is InChI=1S/C26H39BrFN5O4Si.C23H24FN5O3.C12H15BN2O2/c1-26(2,3)37-25(35)29-18-9-8-12-32(15-18)22-19(28)10-7-11-20(22)30-24(34)23-31-21(27)16-33(23)17-36-13-14-38(4,5)6;1-32-23(31)20-12-14(9-10-26-20)17-7-8-19(27-17)22(30)28-18-6-2-5-16(24)21(18)29-11-3-4-15(25)13-29;1-11(2)12(3,4)17-13(16-11)9-5-6-15-10(7-9)8-14/h7,10-11,16,18H,8-9,12-15,17H2,1-6H3,(H,29,35)(H,30,34);2,5-7,9-10,12,15H,3-4,8,11,13,25H2,1H3,(H,28,30);5-7H,1-4H3/t18-;15-;/m11./s1. The van der Waals surface area contributed by atoms with Crippen molar-refractivity contribution >= 4 is 94.6 Å². The third-order valence-electron chi connectivity index (χ3n) is 14.8. The van der Waals surface area contributed by atoms with Gasteiger partial charge in [-0.25, -0.2) is 38.3 Å². The van der Waals surface area contributed by atoms with E-state index in [2.05, 4.69) is 71.5 Å². The van der Waals surface area contributed by atoms with Crippen LogP contribution in [0.2, 0.25) is 25.7 Å². The summed E-state index contributed by atoms with van der Waals surface area (Å²) in [6.45, 7) is 23.2. The molecule has 4 aliphatic rings. The van der Waals surface area contributed by atoms with Gasteiger partial charge in [-0.15, -0.1) is 0 Å². The third-order valence-corrected chi connectivity index (χ3v) is 16.8. The molecule has 26 heteroatoms. The topological polar surface area (TPSA) is 263 Å². The molecule has 0 unspecified atom stereocenters. The van der Waals surface area contributed by atoms with Crippen molar-refractivity contribution in [3.05, 3.63) is 124 Å². The summed E-state index contributed by atoms with van der Waals surface area (Å²) >= 11 is 3.34. The molecular formula is C61H78BBrF2N12O9Si. The number of esters is 1. The van der Waals surface area contributed by atoms with Gasteiger partial charge in [0.1, 0.15) is 51.7 Å². The van der Waals surface area contributed by atoms with Crippen LogP contribution in [0, 0.1) is 23.0 Å². The highest BCUT2D eigenvalue weighted by Crippen LogP contribution is 2.37. The maximum Gasteiger partial charge on any atom is 0.494 e. The number of nitrogens with two attached hydrogens (primary N) is 1. The number of nitrogens with one attached hydrogen (secondary N) is 3. The van der Waals surface area contributed by atoms with Crippen molar-refractivity contribution in [2.24, 2.45) is 10.7 Å². The number of aliphatic imine (C=N–C) groups is 1. The Hall–Kier alpha value is -7.41. The summed E-state index contributed by atoms with van der Waals surface area (Å²) in [5.74, 6) is -2.15. The van der Waals surface area contributed by atoms with E-state index in [1.807, 2.05) is 49.6 Å². The first-order valence-corrected chi connectivity index (χ1v) is 33.3. The summed E-state index contributed by atoms with van der Waals surface area (Å²) in [6, 6.07) is 18.7. The number of piperidine rings is 2. The average Bonchev–Trinajstić information content (AvgIpc) is 3.10. The smallest absolute Gasteiger partial charge is 0.464 e. The number of hydrogen-bond donors (Lipinski definition) is 4. The van der Waals surface area contributed by atoms with E-state index in [1.165, 1.54) is 25.4 Å². The lowest BCUT2D eigenvalue weighted by Gasteiger charge is -2.36. The minimum absolute atomic E-state index is 0.0342. The van der Waals surface area contributed by atoms with Crippen LogP contribution < -0.4 is 36.9 Å². The van der Waals surface area contributed by atoms with Crippen LogP contribution in [0.3, 0.4) is 0 Å². The summed E-state index contributed by atoms with van der Waals surface area (Å²) in [5, 5.41) is 17.3. The molecule has 9 rings (SSSR count). The van der Waals surface area contributed by atoms with E-state index in [0.29, 0.717) is 83.5 Å². The summed E-state index contributed by atoms with van der Waals surface area (Å²) in [4.78, 5) is 70.5. The zero-order chi connectivity index (χ0) is 63.4. The van der Waals surface area contributed by atoms with Gasteiger partial charge in [0.05, 0.1) is 46.8 Å². The lowest BCUT2D eigenvalue weighted by molar-refractivity contribution is -0.110. The van der Waals surface area contributed by atoms with Crippen LogP contribution in [0.1, 0.15) is 113 Å². The van der Waals surface area contributed by atoms with Crippen LogP contribution in [-0.4, -0.2) is 133 Å². The fraction of sp³-hybridized carbons (Fsp3) is 0.459. The summed E-state index contributed by atoms with van der Waals surface area (Å²) in [7, 11) is -0.392. The molecule has 0 radical (unpaired) electrons. The van der Waals surface area contributed by atoms with E-state index in [0.717, 1.165) is 37.2 Å². The SMILES string of the molecule is CC(C)(C)OC(=O)N[C@@H]1CCCN(c2c(F)cccc2NC(=O)c2nc(Br)cn2COCC[Si](C)(C)C)C1.CC1(C)OB(c2ccnc(C#N)c2)OC1(C)C.COC(=O)c1cc(C2=CCC(C(=O)Nc3cccc(F)c3N3CCC[C@@H](N)C3)=N2)ccn1. The summed E-state index contributed by atoms with van der Waals surface area (Å²) in [5.41, 5.74) is 8.92. The molecule has 87 heavy (non-hydrogen) atoms. The Morgan fingerprint density at radius 2 is 1.51 bits per heavy atom. The normalized spacial score (nSPS) is 17.9. The molecule has 5 aromatic rings. The molecule has 2 aromatic carbocycles. The minimum Gasteiger partial charge on any atom is -0.464 e. The van der Waals surface area contributed by atoms with Gasteiger partial charge in [0.15, 0.2) is 0 Å². The second-order valence-electron chi connectivity index (χ2n) is 24.6. The second kappa shape index (κ2) is 29.1. The maximum absolute atomic E-state index is 15.1. The quantitative estimate of drug-likeness (QED) is 0.0432. The number of nitriles is 1. The van der Waals surface area contributed by atoms with Crippen LogP contribution in [0.15, 0.2) is 94.9 Å². The molecule has 2 atom stereocenters. The molecule has 0 spiro atoms. The molecule has 3 fully saturated rings. The first kappa shape index (κ1) is 67.1. The third kappa shape index (κ3) is 18.6. The number of carbonyl (C=O) groups is 4. The number of anilines is 4. The van der Waals surface area contributed by atoms with Crippen molar-refractivity contribution in [1.82, 2.24) is 24.8 Å². The van der Waals surface area contributed by atoms with Gasteiger partial charge < -0.3 is 59.6 Å². The number of amides is 3. The Morgan fingerprint density at radius 1 is 0.885 bits per heavy atom. The number of allylic oxidation sites excluding steroid dienone is 1. The van der Waals surface area contributed by atoms with Gasteiger partial charge in [0.2, 0.25) is 5.82 Å². The number of hydrogen-bond acceptors (Lipinski definition) is 17. The number of ether oxygens (including phenoxy) is 3. The Labute approximate surface area is 517 Å². The predicted octanol–water partition coefficient (Wildman–Crippen LogP) is 9.85. The van der Waals surface area contributed by atoms with Crippen LogP contribution in [0.4, 0.5) is 36.3 Å². The Kier molecular flexibility index (Phi) is 22.4. The Balaban J connectivity index is 0.000000199. The van der Waals surface area contributed by atoms with E-state index in [4.69, 9.17) is 34.5 Å². The number of carbonyl (C=O) groups excluding carboxylic acids is 4. The monoisotopic (exact) mass is 1280 g/mol. The molecule has 7 heterocycles. The first-order chi connectivity index (χ1) is 41.0. The highest BCUT2D eigenvalue weighted by Gasteiger charge is 2.51. The molecular weight excluding hydrogens is 1200 g/mol. The van der Waals surface area contributed by atoms with Crippen molar-refractivity contribution in [1.29, 1.82) is 5.26 Å². The number of aromatic nitrogens is 4. The zero-order valence-electron chi connectivity index (χ0n) is 51.3. The van der Waals surface area contributed by atoms with Gasteiger partial charge in [-0.1, -0.05) is 37.8 Å². The van der Waals surface area contributed by atoms with E-state index in [9.17, 15) is 23.6 Å².